The average Bonchev–Trinajstić information content (AvgIpc) is 2.71. The van der Waals surface area contributed by atoms with Gasteiger partial charge in [-0.3, -0.25) is 0 Å². The van der Waals surface area contributed by atoms with Gasteiger partial charge in [-0.25, -0.2) is 9.97 Å². The highest BCUT2D eigenvalue weighted by atomic mass is 14.9. The maximum Gasteiger partial charge on any atom is 0.125 e. The van der Waals surface area contributed by atoms with Crippen molar-refractivity contribution in [2.75, 3.05) is 6.54 Å². The lowest BCUT2D eigenvalue weighted by atomic mass is 10.1. The van der Waals surface area contributed by atoms with Crippen molar-refractivity contribution in [2.24, 2.45) is 5.92 Å². The van der Waals surface area contributed by atoms with Crippen molar-refractivity contribution in [3.8, 4) is 0 Å². The Balaban J connectivity index is 1.73. The summed E-state index contributed by atoms with van der Waals surface area (Å²) in [5.74, 6) is 1.75. The highest BCUT2D eigenvalue weighted by Crippen LogP contribution is 2.23. The minimum absolute atomic E-state index is 0.857. The lowest BCUT2D eigenvalue weighted by Crippen LogP contribution is -2.21. The van der Waals surface area contributed by atoms with Crippen LogP contribution in [0.15, 0.2) is 12.3 Å². The third-order valence-electron chi connectivity index (χ3n) is 3.05. The third-order valence-corrected chi connectivity index (χ3v) is 3.05. The summed E-state index contributed by atoms with van der Waals surface area (Å²) in [6.07, 6.45) is 7.46. The minimum atomic E-state index is 0.857. The van der Waals surface area contributed by atoms with E-state index in [1.54, 1.807) is 0 Å². The Hall–Kier alpha value is -0.960. The number of aryl methyl sites for hydroxylation is 1. The van der Waals surface area contributed by atoms with Gasteiger partial charge in [0.2, 0.25) is 0 Å². The van der Waals surface area contributed by atoms with Crippen molar-refractivity contribution in [3.63, 3.8) is 0 Å². The number of hydrogen-bond acceptors (Lipinski definition) is 3. The molecule has 0 spiro atoms. The number of nitrogens with one attached hydrogen (secondary N) is 1. The molecule has 0 aliphatic heterocycles. The number of hydrogen-bond donors (Lipinski definition) is 1. The maximum absolute atomic E-state index is 4.36. The van der Waals surface area contributed by atoms with Crippen molar-refractivity contribution >= 4 is 0 Å². The van der Waals surface area contributed by atoms with Gasteiger partial charge < -0.3 is 5.32 Å². The molecule has 0 saturated heterocycles. The number of aromatic nitrogens is 2. The zero-order chi connectivity index (χ0) is 10.5. The highest BCUT2D eigenvalue weighted by molar-refractivity contribution is 5.00. The predicted molar refractivity (Wildman–Crippen MR) is 60.4 cm³/mol. The molecule has 0 bridgehead atoms. The van der Waals surface area contributed by atoms with E-state index in [0.29, 0.717) is 0 Å². The fourth-order valence-electron chi connectivity index (χ4n) is 2.22. The van der Waals surface area contributed by atoms with E-state index in [1.807, 2.05) is 19.2 Å². The molecule has 0 amide bonds. The minimum Gasteiger partial charge on any atom is -0.311 e. The monoisotopic (exact) mass is 205 g/mol. The van der Waals surface area contributed by atoms with Gasteiger partial charge in [-0.15, -0.1) is 0 Å². The van der Waals surface area contributed by atoms with E-state index in [-0.39, 0.29) is 0 Å². The quantitative estimate of drug-likeness (QED) is 0.817. The van der Waals surface area contributed by atoms with Crippen molar-refractivity contribution in [3.05, 3.63) is 23.8 Å². The molecule has 1 aromatic heterocycles. The zero-order valence-electron chi connectivity index (χ0n) is 9.37. The molecule has 0 aromatic carbocycles. The molecule has 1 aliphatic carbocycles. The Morgan fingerprint density at radius 3 is 2.93 bits per heavy atom. The van der Waals surface area contributed by atoms with Crippen LogP contribution in [0.2, 0.25) is 0 Å². The van der Waals surface area contributed by atoms with Gasteiger partial charge in [0.05, 0.1) is 5.69 Å². The van der Waals surface area contributed by atoms with E-state index in [0.717, 1.165) is 30.5 Å². The molecule has 0 unspecified atom stereocenters. The topological polar surface area (TPSA) is 37.8 Å². The van der Waals surface area contributed by atoms with Crippen LogP contribution in [-0.4, -0.2) is 16.5 Å². The van der Waals surface area contributed by atoms with E-state index in [1.165, 1.54) is 25.7 Å². The molecule has 82 valence electrons. The first-order valence-corrected chi connectivity index (χ1v) is 5.84. The molecular weight excluding hydrogens is 186 g/mol. The van der Waals surface area contributed by atoms with Gasteiger partial charge in [-0.05, 0) is 38.3 Å². The average molecular weight is 205 g/mol. The summed E-state index contributed by atoms with van der Waals surface area (Å²) in [6, 6.07) is 1.98. The van der Waals surface area contributed by atoms with Crippen molar-refractivity contribution < 1.29 is 0 Å². The molecule has 3 nitrogen and oxygen atoms in total. The summed E-state index contributed by atoms with van der Waals surface area (Å²) in [4.78, 5) is 8.45. The summed E-state index contributed by atoms with van der Waals surface area (Å²) in [5, 5.41) is 3.48. The predicted octanol–water partition coefficient (Wildman–Crippen LogP) is 2.06. The number of rotatable bonds is 4. The second-order valence-electron chi connectivity index (χ2n) is 4.38. The van der Waals surface area contributed by atoms with Crippen LogP contribution in [0.25, 0.3) is 0 Å². The Morgan fingerprint density at radius 2 is 2.20 bits per heavy atom. The van der Waals surface area contributed by atoms with E-state index in [2.05, 4.69) is 15.3 Å². The Labute approximate surface area is 91.3 Å². The molecule has 1 N–H and O–H groups in total. The third kappa shape index (κ3) is 3.27. The molecule has 0 atom stereocenters. The number of nitrogens with zero attached hydrogens (tertiary/aromatic N) is 2. The largest absolute Gasteiger partial charge is 0.311 e. The van der Waals surface area contributed by atoms with Gasteiger partial charge in [-0.2, -0.15) is 0 Å². The molecule has 1 heterocycles. The second-order valence-corrected chi connectivity index (χ2v) is 4.38. The van der Waals surface area contributed by atoms with E-state index < -0.39 is 0 Å². The van der Waals surface area contributed by atoms with Crippen LogP contribution >= 0.6 is 0 Å². The molecule has 15 heavy (non-hydrogen) atoms. The SMILES string of the molecule is Cc1nccc(CNCC2CCCC2)n1. The molecule has 1 aromatic rings. The molecule has 1 saturated carbocycles. The maximum atomic E-state index is 4.36. The van der Waals surface area contributed by atoms with Crippen LogP contribution in [0.3, 0.4) is 0 Å². The van der Waals surface area contributed by atoms with E-state index in [9.17, 15) is 0 Å². The summed E-state index contributed by atoms with van der Waals surface area (Å²) in [7, 11) is 0. The summed E-state index contributed by atoms with van der Waals surface area (Å²) >= 11 is 0. The summed E-state index contributed by atoms with van der Waals surface area (Å²) in [5.41, 5.74) is 1.10. The van der Waals surface area contributed by atoms with Crippen LogP contribution in [0.1, 0.15) is 37.2 Å². The van der Waals surface area contributed by atoms with Gasteiger partial charge in [0, 0.05) is 12.7 Å². The molecule has 3 heteroatoms. The first kappa shape index (κ1) is 10.6. The zero-order valence-corrected chi connectivity index (χ0v) is 9.37. The summed E-state index contributed by atoms with van der Waals surface area (Å²) < 4.78 is 0. The fourth-order valence-corrected chi connectivity index (χ4v) is 2.22. The molecule has 1 aliphatic rings. The second kappa shape index (κ2) is 5.21. The Morgan fingerprint density at radius 1 is 1.40 bits per heavy atom. The van der Waals surface area contributed by atoms with Crippen molar-refractivity contribution in [1.29, 1.82) is 0 Å². The van der Waals surface area contributed by atoms with E-state index >= 15 is 0 Å². The molecule has 2 rings (SSSR count). The Kier molecular flexibility index (Phi) is 3.67. The van der Waals surface area contributed by atoms with Crippen LogP contribution in [0, 0.1) is 12.8 Å². The van der Waals surface area contributed by atoms with Gasteiger partial charge in [0.15, 0.2) is 0 Å². The molecular formula is C12H19N3. The van der Waals surface area contributed by atoms with Gasteiger partial charge in [0.25, 0.3) is 0 Å². The van der Waals surface area contributed by atoms with Crippen LogP contribution in [-0.2, 0) is 6.54 Å². The smallest absolute Gasteiger partial charge is 0.125 e. The lowest BCUT2D eigenvalue weighted by Gasteiger charge is -2.09. The van der Waals surface area contributed by atoms with Crippen LogP contribution < -0.4 is 5.32 Å². The van der Waals surface area contributed by atoms with Crippen molar-refractivity contribution in [1.82, 2.24) is 15.3 Å². The van der Waals surface area contributed by atoms with Gasteiger partial charge in [-0.1, -0.05) is 12.8 Å². The van der Waals surface area contributed by atoms with Crippen LogP contribution in [0.4, 0.5) is 0 Å². The summed E-state index contributed by atoms with van der Waals surface area (Å²) in [6.45, 7) is 3.95. The first-order valence-electron chi connectivity index (χ1n) is 5.84. The van der Waals surface area contributed by atoms with Gasteiger partial charge >= 0.3 is 0 Å². The van der Waals surface area contributed by atoms with E-state index in [4.69, 9.17) is 0 Å². The normalized spacial score (nSPS) is 17.1. The van der Waals surface area contributed by atoms with Crippen LogP contribution in [0.5, 0.6) is 0 Å². The molecule has 1 fully saturated rings. The Bertz CT molecular complexity index is 305. The molecule has 0 radical (unpaired) electrons. The van der Waals surface area contributed by atoms with Gasteiger partial charge in [0.1, 0.15) is 5.82 Å². The standard InChI is InChI=1S/C12H19N3/c1-10-14-7-6-12(15-10)9-13-8-11-4-2-3-5-11/h6-7,11,13H,2-5,8-9H2,1H3. The first-order chi connectivity index (χ1) is 7.34. The lowest BCUT2D eigenvalue weighted by molar-refractivity contribution is 0.486. The fraction of sp³-hybridized carbons (Fsp3) is 0.667. The highest BCUT2D eigenvalue weighted by Gasteiger charge is 2.13. The van der Waals surface area contributed by atoms with Crippen molar-refractivity contribution in [2.45, 2.75) is 39.2 Å².